The van der Waals surface area contributed by atoms with Crippen LogP contribution in [0.3, 0.4) is 0 Å². The van der Waals surface area contributed by atoms with Gasteiger partial charge in [0.15, 0.2) is 7.05 Å². The van der Waals surface area contributed by atoms with Crippen LogP contribution in [0.25, 0.3) is 11.1 Å². The van der Waals surface area contributed by atoms with E-state index < -0.39 is 0 Å². The molecule has 0 bridgehead atoms. The minimum absolute atomic E-state index is 0.578. The van der Waals surface area contributed by atoms with E-state index in [4.69, 9.17) is 0 Å². The van der Waals surface area contributed by atoms with Gasteiger partial charge in [-0.15, -0.1) is 4.68 Å². The lowest BCUT2D eigenvalue weighted by atomic mass is 9.96. The summed E-state index contributed by atoms with van der Waals surface area (Å²) in [5.41, 5.74) is 5.54. The van der Waals surface area contributed by atoms with Crippen molar-refractivity contribution < 1.29 is 4.68 Å². The van der Waals surface area contributed by atoms with Crippen LogP contribution in [0.2, 0.25) is 0 Å². The summed E-state index contributed by atoms with van der Waals surface area (Å²) in [5, 5.41) is 0. The lowest BCUT2D eigenvalue weighted by molar-refractivity contribution is -0.751. The smallest absolute Gasteiger partial charge is 0.203 e. The molecule has 1 aliphatic rings. The summed E-state index contributed by atoms with van der Waals surface area (Å²) >= 11 is 0. The van der Waals surface area contributed by atoms with Gasteiger partial charge in [0.1, 0.15) is 0 Å². The van der Waals surface area contributed by atoms with E-state index in [0.717, 1.165) is 0 Å². The van der Waals surface area contributed by atoms with Gasteiger partial charge < -0.3 is 4.90 Å². The lowest BCUT2D eigenvalue weighted by Crippen LogP contribution is -2.35. The van der Waals surface area contributed by atoms with Crippen molar-refractivity contribution in [3.05, 3.63) is 36.2 Å². The van der Waals surface area contributed by atoms with Gasteiger partial charge in [-0.25, -0.2) is 0 Å². The lowest BCUT2D eigenvalue weighted by Gasteiger charge is -2.34. The van der Waals surface area contributed by atoms with Crippen LogP contribution in [-0.2, 0) is 20.5 Å². The van der Waals surface area contributed by atoms with Gasteiger partial charge in [-0.05, 0) is 49.9 Å². The zero-order valence-electron chi connectivity index (χ0n) is 12.9. The third-order valence-electron chi connectivity index (χ3n) is 4.34. The molecule has 0 saturated heterocycles. The molecule has 1 aromatic carbocycles. The molecule has 0 saturated carbocycles. The van der Waals surface area contributed by atoms with E-state index in [1.165, 1.54) is 41.8 Å². The Balaban J connectivity index is 2.01. The molecule has 0 atom stereocenters. The number of nitrogens with zero attached hydrogens (tertiary/aromatic N) is 3. The van der Waals surface area contributed by atoms with Gasteiger partial charge in [0, 0.05) is 18.3 Å². The van der Waals surface area contributed by atoms with E-state index in [1.54, 1.807) is 0 Å². The summed E-state index contributed by atoms with van der Waals surface area (Å²) in [6, 6.07) is 7.51. The molecule has 2 heterocycles. The monoisotopic (exact) mass is 270 g/mol. The largest absolute Gasteiger partial charge is 0.369 e. The average molecular weight is 270 g/mol. The van der Waals surface area contributed by atoms with Crippen LogP contribution in [0.4, 0.5) is 5.69 Å². The van der Waals surface area contributed by atoms with Crippen molar-refractivity contribution in [1.29, 1.82) is 0 Å². The quantitative estimate of drug-likeness (QED) is 0.764. The first-order chi connectivity index (χ1) is 9.56. The van der Waals surface area contributed by atoms with E-state index >= 15 is 0 Å². The van der Waals surface area contributed by atoms with Crippen molar-refractivity contribution in [2.24, 2.45) is 14.1 Å². The Kier molecular flexibility index (Phi) is 3.28. The first kappa shape index (κ1) is 13.2. The van der Waals surface area contributed by atoms with Gasteiger partial charge in [-0.1, -0.05) is 6.07 Å². The number of aryl methyl sites for hydroxylation is 3. The molecule has 0 fully saturated rings. The molecule has 0 unspecified atom stereocenters. The molecule has 0 spiro atoms. The highest BCUT2D eigenvalue weighted by molar-refractivity contribution is 5.68. The second-order valence-electron chi connectivity index (χ2n) is 6.10. The van der Waals surface area contributed by atoms with E-state index in [-0.39, 0.29) is 0 Å². The maximum absolute atomic E-state index is 2.52. The standard InChI is InChI=1S/C17H24N3/c1-13(2)20-9-5-6-15-10-14(7-8-17(15)20)16-11-18(3)19(4)12-16/h7-8,10-13H,5-6,9H2,1-4H3/q+1. The average Bonchev–Trinajstić information content (AvgIpc) is 2.77. The number of rotatable bonds is 2. The number of fused-ring (bicyclic) bond motifs is 1. The molecular formula is C17H24N3+. The summed E-state index contributed by atoms with van der Waals surface area (Å²) in [6.45, 7) is 5.74. The van der Waals surface area contributed by atoms with Crippen LogP contribution in [0.15, 0.2) is 30.6 Å². The molecule has 106 valence electrons. The Morgan fingerprint density at radius 2 is 2.00 bits per heavy atom. The molecule has 1 aromatic heterocycles. The Morgan fingerprint density at radius 1 is 1.20 bits per heavy atom. The summed E-state index contributed by atoms with van der Waals surface area (Å²) in [7, 11) is 4.14. The predicted molar refractivity (Wildman–Crippen MR) is 82.8 cm³/mol. The minimum Gasteiger partial charge on any atom is -0.369 e. The van der Waals surface area contributed by atoms with Crippen molar-refractivity contribution in [3.8, 4) is 11.1 Å². The van der Waals surface area contributed by atoms with Gasteiger partial charge in [0.25, 0.3) is 0 Å². The molecule has 1 aliphatic heterocycles. The van der Waals surface area contributed by atoms with Crippen LogP contribution in [-0.4, -0.2) is 17.3 Å². The van der Waals surface area contributed by atoms with Gasteiger partial charge in [0.05, 0.1) is 18.8 Å². The maximum atomic E-state index is 2.52. The van der Waals surface area contributed by atoms with E-state index in [0.29, 0.717) is 6.04 Å². The minimum atomic E-state index is 0.578. The fourth-order valence-corrected chi connectivity index (χ4v) is 3.11. The van der Waals surface area contributed by atoms with Crippen LogP contribution < -0.4 is 9.58 Å². The predicted octanol–water partition coefficient (Wildman–Crippen LogP) is 2.68. The molecule has 2 aromatic rings. The van der Waals surface area contributed by atoms with Crippen LogP contribution >= 0.6 is 0 Å². The van der Waals surface area contributed by atoms with Crippen LogP contribution in [0.1, 0.15) is 25.8 Å². The zero-order valence-corrected chi connectivity index (χ0v) is 12.9. The summed E-state index contributed by atoms with van der Waals surface area (Å²) in [6.07, 6.45) is 6.83. The number of hydrogen-bond donors (Lipinski definition) is 0. The topological polar surface area (TPSA) is 12.1 Å². The first-order valence-corrected chi connectivity index (χ1v) is 7.48. The molecule has 0 N–H and O–H groups in total. The second-order valence-corrected chi connectivity index (χ2v) is 6.10. The fourth-order valence-electron chi connectivity index (χ4n) is 3.11. The van der Waals surface area contributed by atoms with Crippen molar-refractivity contribution in [1.82, 2.24) is 4.68 Å². The van der Waals surface area contributed by atoms with Gasteiger partial charge in [0.2, 0.25) is 6.20 Å². The third-order valence-corrected chi connectivity index (χ3v) is 4.34. The maximum Gasteiger partial charge on any atom is 0.203 e. The molecule has 0 amide bonds. The molecule has 20 heavy (non-hydrogen) atoms. The highest BCUT2D eigenvalue weighted by Crippen LogP contribution is 2.32. The van der Waals surface area contributed by atoms with Gasteiger partial charge in [-0.2, -0.15) is 4.68 Å². The highest BCUT2D eigenvalue weighted by Gasteiger charge is 2.20. The number of aromatic nitrogens is 2. The molecule has 3 heteroatoms. The third kappa shape index (κ3) is 2.21. The van der Waals surface area contributed by atoms with Gasteiger partial charge >= 0.3 is 0 Å². The van der Waals surface area contributed by atoms with Crippen molar-refractivity contribution in [3.63, 3.8) is 0 Å². The van der Waals surface area contributed by atoms with E-state index in [2.05, 4.69) is 72.8 Å². The van der Waals surface area contributed by atoms with E-state index in [1.807, 2.05) is 0 Å². The SMILES string of the molecule is CC(C)N1CCCc2cc(-c3cn(C)[n+](C)c3)ccc21. The van der Waals surface area contributed by atoms with E-state index in [9.17, 15) is 0 Å². The Hall–Kier alpha value is -1.77. The zero-order chi connectivity index (χ0) is 14.3. The number of anilines is 1. The fraction of sp³-hybridized carbons (Fsp3) is 0.471. The first-order valence-electron chi connectivity index (χ1n) is 7.48. The normalized spacial score (nSPS) is 14.8. The highest BCUT2D eigenvalue weighted by atomic mass is 15.4. The molecule has 0 aliphatic carbocycles. The van der Waals surface area contributed by atoms with Crippen molar-refractivity contribution >= 4 is 5.69 Å². The number of hydrogen-bond acceptors (Lipinski definition) is 1. The summed E-state index contributed by atoms with van der Waals surface area (Å²) < 4.78 is 4.21. The summed E-state index contributed by atoms with van der Waals surface area (Å²) in [4.78, 5) is 2.52. The Labute approximate surface area is 121 Å². The Morgan fingerprint density at radius 3 is 2.65 bits per heavy atom. The van der Waals surface area contributed by atoms with Crippen molar-refractivity contribution in [2.45, 2.75) is 32.7 Å². The molecule has 3 nitrogen and oxygen atoms in total. The van der Waals surface area contributed by atoms with Crippen molar-refractivity contribution in [2.75, 3.05) is 11.4 Å². The molecule has 3 rings (SSSR count). The Bertz CT molecular complexity index is 606. The van der Waals surface area contributed by atoms with Crippen LogP contribution in [0.5, 0.6) is 0 Å². The number of benzene rings is 1. The van der Waals surface area contributed by atoms with Gasteiger partial charge in [-0.3, -0.25) is 0 Å². The molecule has 0 radical (unpaired) electrons. The molecular weight excluding hydrogens is 246 g/mol. The van der Waals surface area contributed by atoms with Crippen LogP contribution in [0, 0.1) is 0 Å². The second kappa shape index (κ2) is 4.97. The summed E-state index contributed by atoms with van der Waals surface area (Å²) in [5.74, 6) is 0.